The van der Waals surface area contributed by atoms with Gasteiger partial charge in [-0.25, -0.2) is 4.39 Å². The van der Waals surface area contributed by atoms with Gasteiger partial charge in [0.05, 0.1) is 24.8 Å². The van der Waals surface area contributed by atoms with Crippen molar-refractivity contribution >= 4 is 17.5 Å². The number of hydrogen-bond acceptors (Lipinski definition) is 4. The van der Waals surface area contributed by atoms with Gasteiger partial charge in [-0.1, -0.05) is 0 Å². The molecule has 1 aromatic carbocycles. The van der Waals surface area contributed by atoms with E-state index in [0.29, 0.717) is 30.9 Å². The number of amides is 2. The van der Waals surface area contributed by atoms with Crippen LogP contribution in [0.3, 0.4) is 0 Å². The lowest BCUT2D eigenvalue weighted by Gasteiger charge is -2.47. The summed E-state index contributed by atoms with van der Waals surface area (Å²) in [6, 6.07) is 5.87. The number of anilines is 1. The van der Waals surface area contributed by atoms with Gasteiger partial charge in [0.15, 0.2) is 0 Å². The molecular formula is C20H23FN4O3. The number of piperidine rings is 1. The van der Waals surface area contributed by atoms with Crippen LogP contribution >= 0.6 is 0 Å². The van der Waals surface area contributed by atoms with E-state index in [1.54, 1.807) is 39.9 Å². The fraction of sp³-hybridized carbons (Fsp3) is 0.450. The highest BCUT2D eigenvalue weighted by molar-refractivity contribution is 5.96. The summed E-state index contributed by atoms with van der Waals surface area (Å²) >= 11 is 0. The van der Waals surface area contributed by atoms with Crippen LogP contribution in [0.25, 0.3) is 0 Å². The highest BCUT2D eigenvalue weighted by atomic mass is 19.1. The predicted octanol–water partition coefficient (Wildman–Crippen LogP) is 1.91. The van der Waals surface area contributed by atoms with E-state index in [0.717, 1.165) is 18.5 Å². The van der Waals surface area contributed by atoms with Crippen LogP contribution in [0.2, 0.25) is 0 Å². The monoisotopic (exact) mass is 386 g/mol. The number of benzene rings is 1. The van der Waals surface area contributed by atoms with Crippen LogP contribution in [-0.4, -0.2) is 58.3 Å². The summed E-state index contributed by atoms with van der Waals surface area (Å²) in [5.41, 5.74) is 1.42. The zero-order valence-electron chi connectivity index (χ0n) is 16.0. The third kappa shape index (κ3) is 3.28. The van der Waals surface area contributed by atoms with Gasteiger partial charge in [0, 0.05) is 25.0 Å². The summed E-state index contributed by atoms with van der Waals surface area (Å²) in [5, 5.41) is 4.16. The molecule has 0 bridgehead atoms. The standard InChI is InChI=1S/C20H23FN4O3/c1-14-17(10-22-23(14)2)19(27)24-9-3-8-20(12-24)13-25(18(26)11-28-20)16-6-4-15(21)5-7-16/h4-7,10H,3,8-9,11-13H2,1-2H3. The molecule has 4 rings (SSSR count). The summed E-state index contributed by atoms with van der Waals surface area (Å²) in [6.45, 7) is 3.21. The Labute approximate surface area is 162 Å². The highest BCUT2D eigenvalue weighted by Gasteiger charge is 2.44. The molecule has 28 heavy (non-hydrogen) atoms. The molecule has 1 aromatic heterocycles. The molecule has 1 atom stereocenters. The average Bonchev–Trinajstić information content (AvgIpc) is 3.03. The number of aryl methyl sites for hydroxylation is 1. The highest BCUT2D eigenvalue weighted by Crippen LogP contribution is 2.32. The molecule has 2 saturated heterocycles. The summed E-state index contributed by atoms with van der Waals surface area (Å²) in [4.78, 5) is 28.8. The Balaban J connectivity index is 1.55. The van der Waals surface area contributed by atoms with Gasteiger partial charge < -0.3 is 14.5 Å². The maximum absolute atomic E-state index is 13.3. The number of nitrogens with zero attached hydrogens (tertiary/aromatic N) is 4. The van der Waals surface area contributed by atoms with Gasteiger partial charge in [-0.2, -0.15) is 5.10 Å². The third-order valence-electron chi connectivity index (χ3n) is 5.68. The van der Waals surface area contributed by atoms with E-state index >= 15 is 0 Å². The topological polar surface area (TPSA) is 67.7 Å². The number of rotatable bonds is 2. The summed E-state index contributed by atoms with van der Waals surface area (Å²) in [5.74, 6) is -0.581. The first-order valence-electron chi connectivity index (χ1n) is 9.36. The Hall–Kier alpha value is -2.74. The number of carbonyl (C=O) groups excluding carboxylic acids is 2. The molecule has 3 heterocycles. The normalized spacial score (nSPS) is 22.8. The zero-order chi connectivity index (χ0) is 19.9. The molecular weight excluding hydrogens is 363 g/mol. The summed E-state index contributed by atoms with van der Waals surface area (Å²) in [6.07, 6.45) is 3.14. The molecule has 7 nitrogen and oxygen atoms in total. The fourth-order valence-corrected chi connectivity index (χ4v) is 3.97. The van der Waals surface area contributed by atoms with Crippen molar-refractivity contribution in [1.29, 1.82) is 0 Å². The molecule has 0 saturated carbocycles. The Kier molecular flexibility index (Phi) is 4.66. The summed E-state index contributed by atoms with van der Waals surface area (Å²) < 4.78 is 20.9. The Morgan fingerprint density at radius 1 is 1.25 bits per heavy atom. The van der Waals surface area contributed by atoms with Gasteiger partial charge >= 0.3 is 0 Å². The van der Waals surface area contributed by atoms with E-state index in [1.165, 1.54) is 12.1 Å². The fourth-order valence-electron chi connectivity index (χ4n) is 3.97. The van der Waals surface area contributed by atoms with E-state index in [2.05, 4.69) is 5.10 Å². The van der Waals surface area contributed by atoms with Crippen LogP contribution in [0.15, 0.2) is 30.5 Å². The number of morpholine rings is 1. The minimum atomic E-state index is -0.619. The second kappa shape index (κ2) is 7.01. The zero-order valence-corrected chi connectivity index (χ0v) is 16.0. The maximum atomic E-state index is 13.3. The van der Waals surface area contributed by atoms with Crippen LogP contribution in [0, 0.1) is 12.7 Å². The van der Waals surface area contributed by atoms with Crippen molar-refractivity contribution in [2.24, 2.45) is 7.05 Å². The van der Waals surface area contributed by atoms with Crippen molar-refractivity contribution in [3.63, 3.8) is 0 Å². The van der Waals surface area contributed by atoms with Crippen molar-refractivity contribution in [1.82, 2.24) is 14.7 Å². The molecule has 148 valence electrons. The molecule has 2 aliphatic heterocycles. The largest absolute Gasteiger partial charge is 0.361 e. The van der Waals surface area contributed by atoms with Gasteiger partial charge in [-0.15, -0.1) is 0 Å². The van der Waals surface area contributed by atoms with Crippen molar-refractivity contribution in [2.45, 2.75) is 25.4 Å². The van der Waals surface area contributed by atoms with Crippen molar-refractivity contribution in [2.75, 3.05) is 31.1 Å². The van der Waals surface area contributed by atoms with Gasteiger partial charge in [0.1, 0.15) is 18.0 Å². The lowest BCUT2D eigenvalue weighted by atomic mass is 9.90. The van der Waals surface area contributed by atoms with Gasteiger partial charge in [-0.05, 0) is 44.0 Å². The molecule has 0 radical (unpaired) electrons. The molecule has 2 fully saturated rings. The lowest BCUT2D eigenvalue weighted by molar-refractivity contribution is -0.144. The summed E-state index contributed by atoms with van der Waals surface area (Å²) in [7, 11) is 1.81. The van der Waals surface area contributed by atoms with Gasteiger partial charge in [0.25, 0.3) is 11.8 Å². The first-order chi connectivity index (χ1) is 13.4. The van der Waals surface area contributed by atoms with Gasteiger partial charge in [-0.3, -0.25) is 14.3 Å². The number of halogens is 1. The first kappa shape index (κ1) is 18.6. The van der Waals surface area contributed by atoms with E-state index in [9.17, 15) is 14.0 Å². The molecule has 1 unspecified atom stereocenters. The molecule has 2 aliphatic rings. The van der Waals surface area contributed by atoms with Crippen LogP contribution in [-0.2, 0) is 16.6 Å². The molecule has 1 spiro atoms. The van der Waals surface area contributed by atoms with Crippen molar-refractivity contribution in [3.8, 4) is 0 Å². The Bertz CT molecular complexity index is 911. The number of hydrogen-bond donors (Lipinski definition) is 0. The third-order valence-corrected chi connectivity index (χ3v) is 5.68. The number of aromatic nitrogens is 2. The number of likely N-dealkylation sites (tertiary alicyclic amines) is 1. The molecule has 2 aromatic rings. The van der Waals surface area contributed by atoms with E-state index < -0.39 is 5.60 Å². The lowest BCUT2D eigenvalue weighted by Crippen LogP contribution is -2.62. The van der Waals surface area contributed by atoms with E-state index in [-0.39, 0.29) is 24.2 Å². The minimum Gasteiger partial charge on any atom is -0.361 e. The minimum absolute atomic E-state index is 0.0503. The molecule has 0 aliphatic carbocycles. The van der Waals surface area contributed by atoms with Crippen molar-refractivity contribution in [3.05, 3.63) is 47.5 Å². The number of ether oxygens (including phenoxy) is 1. The SMILES string of the molecule is Cc1c(C(=O)N2CCCC3(C2)CN(c2ccc(F)cc2)C(=O)CO3)cnn1C. The maximum Gasteiger partial charge on any atom is 0.257 e. The Morgan fingerprint density at radius 3 is 2.68 bits per heavy atom. The van der Waals surface area contributed by atoms with E-state index in [4.69, 9.17) is 4.74 Å². The van der Waals surface area contributed by atoms with Crippen LogP contribution < -0.4 is 4.90 Å². The number of carbonyl (C=O) groups is 2. The van der Waals surface area contributed by atoms with Crippen LogP contribution in [0.4, 0.5) is 10.1 Å². The van der Waals surface area contributed by atoms with Crippen LogP contribution in [0.5, 0.6) is 0 Å². The molecule has 8 heteroatoms. The Morgan fingerprint density at radius 2 is 2.00 bits per heavy atom. The van der Waals surface area contributed by atoms with Crippen molar-refractivity contribution < 1.29 is 18.7 Å². The molecule has 0 N–H and O–H groups in total. The smallest absolute Gasteiger partial charge is 0.257 e. The average molecular weight is 386 g/mol. The predicted molar refractivity (Wildman–Crippen MR) is 101 cm³/mol. The quantitative estimate of drug-likeness (QED) is 0.791. The second-order valence-corrected chi connectivity index (χ2v) is 7.53. The first-order valence-corrected chi connectivity index (χ1v) is 9.36. The van der Waals surface area contributed by atoms with E-state index in [1.807, 2.05) is 6.92 Å². The van der Waals surface area contributed by atoms with Gasteiger partial charge in [0.2, 0.25) is 0 Å². The molecule has 2 amide bonds. The van der Waals surface area contributed by atoms with Crippen LogP contribution in [0.1, 0.15) is 28.9 Å². The second-order valence-electron chi connectivity index (χ2n) is 7.53.